The molecular formula is C6H9NO3S. The Morgan fingerprint density at radius 1 is 1.45 bits per heavy atom. The zero-order chi connectivity index (χ0) is 8.54. The van der Waals surface area contributed by atoms with E-state index < -0.39 is 14.2 Å². The average Bonchev–Trinajstić information content (AvgIpc) is 1.87. The predicted octanol–water partition coefficient (Wildman–Crippen LogP) is -0.0233. The third-order valence-electron chi connectivity index (χ3n) is 1.63. The molecule has 0 aromatic carbocycles. The molecule has 0 saturated carbocycles. The lowest BCUT2D eigenvalue weighted by atomic mass is 10.4. The van der Waals surface area contributed by atoms with Crippen LogP contribution >= 0.6 is 0 Å². The lowest BCUT2D eigenvalue weighted by molar-refractivity contribution is -0.727. The van der Waals surface area contributed by atoms with Gasteiger partial charge in [0.25, 0.3) is 10.3 Å². The van der Waals surface area contributed by atoms with Gasteiger partial charge in [-0.1, -0.05) is 6.08 Å². The van der Waals surface area contributed by atoms with E-state index in [9.17, 15) is 13.0 Å². The van der Waals surface area contributed by atoms with Crippen molar-refractivity contribution in [3.63, 3.8) is 0 Å². The molecule has 1 aliphatic rings. The summed E-state index contributed by atoms with van der Waals surface area (Å²) in [6.07, 6.45) is 6.28. The first-order chi connectivity index (χ1) is 4.96. The predicted molar refractivity (Wildman–Crippen MR) is 39.0 cm³/mol. The zero-order valence-corrected chi connectivity index (χ0v) is 6.91. The van der Waals surface area contributed by atoms with E-state index in [2.05, 4.69) is 0 Å². The van der Waals surface area contributed by atoms with Crippen molar-refractivity contribution in [2.45, 2.75) is 0 Å². The van der Waals surface area contributed by atoms with Gasteiger partial charge in [0, 0.05) is 0 Å². The Bertz CT molecular complexity index is 304. The van der Waals surface area contributed by atoms with Crippen molar-refractivity contribution in [1.82, 2.24) is 0 Å². The summed E-state index contributed by atoms with van der Waals surface area (Å²) in [5.41, 5.74) is 0. The number of allylic oxidation sites excluding steroid dienone is 2. The Labute approximate surface area is 65.9 Å². The normalized spacial score (nSPS) is 30.7. The highest BCUT2D eigenvalue weighted by atomic mass is 32.2. The number of hydrogen-bond donors (Lipinski definition) is 0. The maximum Gasteiger partial charge on any atom is 0.258 e. The van der Waals surface area contributed by atoms with Crippen LogP contribution in [0, 0.1) is 0 Å². The van der Waals surface area contributed by atoms with Gasteiger partial charge in [-0.15, -0.1) is 0 Å². The molecule has 11 heavy (non-hydrogen) atoms. The highest BCUT2D eigenvalue weighted by Gasteiger charge is 2.26. The Morgan fingerprint density at radius 3 is 2.36 bits per heavy atom. The molecule has 4 nitrogen and oxygen atoms in total. The number of likely N-dealkylation sites (N-methyl/N-ethyl adjacent to an activating group) is 1. The van der Waals surface area contributed by atoms with Gasteiger partial charge in [0.1, 0.15) is 12.7 Å². The summed E-state index contributed by atoms with van der Waals surface area (Å²) in [7, 11) is -2.91. The van der Waals surface area contributed by atoms with Crippen LogP contribution in [0.3, 0.4) is 0 Å². The third kappa shape index (κ3) is 1.50. The molecule has 0 aromatic rings. The van der Waals surface area contributed by atoms with Gasteiger partial charge >= 0.3 is 0 Å². The third-order valence-corrected chi connectivity index (χ3v) is 2.92. The van der Waals surface area contributed by atoms with E-state index in [-0.39, 0.29) is 6.54 Å². The first-order valence-electron chi connectivity index (χ1n) is 3.11. The van der Waals surface area contributed by atoms with E-state index in [1.165, 1.54) is 13.2 Å². The highest BCUT2D eigenvalue weighted by molar-refractivity contribution is 7.80. The molecule has 0 aromatic heterocycles. The minimum absolute atomic E-state index is 0.211. The molecule has 0 amide bonds. The van der Waals surface area contributed by atoms with Gasteiger partial charge in [-0.25, -0.2) is 3.89 Å². The molecule has 5 heteroatoms. The van der Waals surface area contributed by atoms with Gasteiger partial charge in [-0.3, -0.25) is 0 Å². The quantitative estimate of drug-likeness (QED) is 0.415. The van der Waals surface area contributed by atoms with Crippen LogP contribution in [-0.2, 0) is 10.3 Å². The van der Waals surface area contributed by atoms with Crippen LogP contribution in [0.15, 0.2) is 24.4 Å². The molecule has 1 atom stereocenters. The fourth-order valence-electron chi connectivity index (χ4n) is 0.807. The van der Waals surface area contributed by atoms with Gasteiger partial charge in [0.05, 0.1) is 7.05 Å². The van der Waals surface area contributed by atoms with Gasteiger partial charge < -0.3 is 4.55 Å². The Balaban J connectivity index is 3.04. The van der Waals surface area contributed by atoms with Crippen molar-refractivity contribution < 1.29 is 16.9 Å². The molecule has 1 aliphatic heterocycles. The van der Waals surface area contributed by atoms with Crippen LogP contribution in [0.25, 0.3) is 0 Å². The van der Waals surface area contributed by atoms with E-state index in [1.807, 2.05) is 0 Å². The topological polar surface area (TPSA) is 57.2 Å². The van der Waals surface area contributed by atoms with E-state index >= 15 is 0 Å². The minimum atomic E-state index is -4.28. The number of quaternary nitrogens is 1. The lowest BCUT2D eigenvalue weighted by Gasteiger charge is -2.31. The second-order valence-electron chi connectivity index (χ2n) is 2.55. The van der Waals surface area contributed by atoms with Crippen LogP contribution in [0.4, 0.5) is 0 Å². The maximum atomic E-state index is 10.6. The monoisotopic (exact) mass is 175 g/mol. The second kappa shape index (κ2) is 2.44. The van der Waals surface area contributed by atoms with E-state index in [4.69, 9.17) is 0 Å². The number of rotatable bonds is 1. The molecule has 0 radical (unpaired) electrons. The molecule has 0 N–H and O–H groups in total. The van der Waals surface area contributed by atoms with Crippen molar-refractivity contribution in [2.75, 3.05) is 13.6 Å². The number of nitrogens with zero attached hydrogens (tertiary/aromatic N) is 1. The first kappa shape index (κ1) is 8.45. The van der Waals surface area contributed by atoms with Crippen LogP contribution in [0.5, 0.6) is 0 Å². The fourth-order valence-corrected chi connectivity index (χ4v) is 1.30. The summed E-state index contributed by atoms with van der Waals surface area (Å²) >= 11 is 0. The molecule has 0 bridgehead atoms. The van der Waals surface area contributed by atoms with Crippen LogP contribution in [0.2, 0.25) is 0 Å². The van der Waals surface area contributed by atoms with E-state index in [0.717, 1.165) is 0 Å². The standard InChI is InChI=1S/C6H9NO3S/c1-7(11(8,9)10)5-3-2-4-6-7/h2-5H,6H2,1H3. The molecule has 1 rings (SSSR count). The smallest absolute Gasteiger partial charge is 0.258 e. The summed E-state index contributed by atoms with van der Waals surface area (Å²) in [5, 5.41) is 0. The van der Waals surface area contributed by atoms with Crippen LogP contribution in [0.1, 0.15) is 0 Å². The zero-order valence-electron chi connectivity index (χ0n) is 6.10. The van der Waals surface area contributed by atoms with Gasteiger partial charge in [-0.2, -0.15) is 8.42 Å². The molecule has 0 fully saturated rings. The largest absolute Gasteiger partial charge is 0.701 e. The van der Waals surface area contributed by atoms with Crippen molar-refractivity contribution in [3.05, 3.63) is 24.4 Å². The second-order valence-corrected chi connectivity index (χ2v) is 4.24. The molecular weight excluding hydrogens is 166 g/mol. The maximum absolute atomic E-state index is 10.6. The number of hydrogen-bond acceptors (Lipinski definition) is 3. The van der Waals surface area contributed by atoms with Crippen molar-refractivity contribution >= 4 is 10.3 Å². The molecule has 1 unspecified atom stereocenters. The molecule has 0 saturated heterocycles. The van der Waals surface area contributed by atoms with Gasteiger partial charge in [-0.05, 0) is 12.2 Å². The lowest BCUT2D eigenvalue weighted by Crippen LogP contribution is -2.44. The summed E-state index contributed by atoms with van der Waals surface area (Å²) < 4.78 is 31.3. The molecule has 1 heterocycles. The fraction of sp³-hybridized carbons (Fsp3) is 0.333. The van der Waals surface area contributed by atoms with Crippen molar-refractivity contribution in [2.24, 2.45) is 0 Å². The summed E-state index contributed by atoms with van der Waals surface area (Å²) in [5.74, 6) is 0. The van der Waals surface area contributed by atoms with Crippen LogP contribution < -0.4 is 0 Å². The minimum Gasteiger partial charge on any atom is -0.701 e. The van der Waals surface area contributed by atoms with E-state index in [1.54, 1.807) is 18.2 Å². The summed E-state index contributed by atoms with van der Waals surface area (Å²) in [4.78, 5) is 0. The van der Waals surface area contributed by atoms with Crippen molar-refractivity contribution in [1.29, 1.82) is 0 Å². The Kier molecular flexibility index (Phi) is 1.87. The van der Waals surface area contributed by atoms with Gasteiger partial charge in [0.2, 0.25) is 0 Å². The SMILES string of the molecule is C[N+]1(S(=O)(=O)[O-])C=CC=CC1. The highest BCUT2D eigenvalue weighted by Crippen LogP contribution is 2.13. The molecule has 0 aliphatic carbocycles. The average molecular weight is 175 g/mol. The van der Waals surface area contributed by atoms with Crippen molar-refractivity contribution in [3.8, 4) is 0 Å². The first-order valence-corrected chi connectivity index (χ1v) is 4.48. The van der Waals surface area contributed by atoms with E-state index in [0.29, 0.717) is 0 Å². The summed E-state index contributed by atoms with van der Waals surface area (Å²) in [6, 6.07) is 0. The Morgan fingerprint density at radius 2 is 2.09 bits per heavy atom. The Hall–Kier alpha value is -0.650. The van der Waals surface area contributed by atoms with Gasteiger partial charge in [0.15, 0.2) is 0 Å². The molecule has 0 spiro atoms. The molecule has 62 valence electrons. The summed E-state index contributed by atoms with van der Waals surface area (Å²) in [6.45, 7) is 0.211. The van der Waals surface area contributed by atoms with Crippen LogP contribution in [-0.4, -0.2) is 30.5 Å².